The second-order valence-corrected chi connectivity index (χ2v) is 5.06. The van der Waals surface area contributed by atoms with Crippen LogP contribution >= 0.6 is 7.80 Å². The molecular formula is C10H18NaO5P+. The number of aliphatic hydroxyl groups excluding tert-OH is 1. The molecule has 0 bridgehead atoms. The van der Waals surface area contributed by atoms with Gasteiger partial charge in [0.2, 0.25) is 0 Å². The Morgan fingerprint density at radius 2 is 1.82 bits per heavy atom. The Morgan fingerprint density at radius 3 is 2.35 bits per heavy atom. The van der Waals surface area contributed by atoms with Crippen LogP contribution in [0.3, 0.4) is 0 Å². The molecule has 0 heterocycles. The molecule has 0 aliphatic heterocycles. The van der Waals surface area contributed by atoms with Crippen molar-refractivity contribution in [1.29, 1.82) is 0 Å². The van der Waals surface area contributed by atoms with Gasteiger partial charge in [0.05, 0.1) is 20.0 Å². The molecule has 0 aliphatic carbocycles. The van der Waals surface area contributed by atoms with E-state index >= 15 is 0 Å². The van der Waals surface area contributed by atoms with Crippen molar-refractivity contribution in [3.05, 3.63) is 0 Å². The fourth-order valence-corrected chi connectivity index (χ4v) is 2.23. The number of carbonyl (C=O) groups excluding carboxylic acids is 2. The third-order valence-corrected chi connectivity index (χ3v) is 3.57. The van der Waals surface area contributed by atoms with Crippen molar-refractivity contribution in [3.63, 3.8) is 0 Å². The fourth-order valence-electron chi connectivity index (χ4n) is 1.10. The van der Waals surface area contributed by atoms with Crippen LogP contribution in [-0.2, 0) is 18.9 Å². The zero-order valence-electron chi connectivity index (χ0n) is 10.5. The molecule has 0 saturated heterocycles. The maximum absolute atomic E-state index is 11.4. The van der Waals surface area contributed by atoms with Crippen LogP contribution in [0.25, 0.3) is 0 Å². The summed E-state index contributed by atoms with van der Waals surface area (Å²) in [5, 5.41) is 8.52. The van der Waals surface area contributed by atoms with Gasteiger partial charge in [0.15, 0.2) is 6.16 Å². The van der Waals surface area contributed by atoms with Gasteiger partial charge >= 0.3 is 19.3 Å². The molecule has 0 saturated carbocycles. The van der Waals surface area contributed by atoms with Gasteiger partial charge in [-0.05, 0) is 19.3 Å². The smallest absolute Gasteiger partial charge is 0.414 e. The van der Waals surface area contributed by atoms with Crippen LogP contribution in [0.4, 0.5) is 0 Å². The molecule has 7 heteroatoms. The molecule has 0 aromatic rings. The summed E-state index contributed by atoms with van der Waals surface area (Å²) in [6.07, 6.45) is 2.42. The van der Waals surface area contributed by atoms with Crippen molar-refractivity contribution in [2.45, 2.75) is 32.1 Å². The van der Waals surface area contributed by atoms with Crippen LogP contribution in [0.2, 0.25) is 0 Å². The van der Waals surface area contributed by atoms with E-state index in [4.69, 9.17) is 5.11 Å². The quantitative estimate of drug-likeness (QED) is 0.294. The standard InChI is InChI=1S/C10H18O5P.Na/c1-15-9(12)5-6-10(13)16(14)8-4-2-3-7-11;/h11H,2-8H2,1H3;/q+1;. The Labute approximate surface area is 124 Å². The number of rotatable bonds is 9. The molecule has 1 atom stereocenters. The second-order valence-electron chi connectivity index (χ2n) is 3.36. The van der Waals surface area contributed by atoms with Crippen molar-refractivity contribution in [2.75, 3.05) is 19.9 Å². The van der Waals surface area contributed by atoms with Gasteiger partial charge in [-0.25, -0.2) is 4.79 Å². The molecular weight excluding hydrogens is 254 g/mol. The third-order valence-electron chi connectivity index (χ3n) is 2.07. The Bertz CT molecular complexity index is 257. The molecule has 1 radical (unpaired) electrons. The van der Waals surface area contributed by atoms with Crippen molar-refractivity contribution in [2.24, 2.45) is 0 Å². The average Bonchev–Trinajstić information content (AvgIpc) is 2.30. The first-order valence-electron chi connectivity index (χ1n) is 5.27. The summed E-state index contributed by atoms with van der Waals surface area (Å²) < 4.78 is 15.8. The molecule has 1 N–H and O–H groups in total. The molecule has 0 aliphatic rings. The fraction of sp³-hybridized carbons (Fsp3) is 0.800. The normalized spacial score (nSPS) is 10.4. The first-order chi connectivity index (χ1) is 7.61. The van der Waals surface area contributed by atoms with Gasteiger partial charge in [0.25, 0.3) is 0 Å². The molecule has 0 fully saturated rings. The van der Waals surface area contributed by atoms with E-state index in [1.54, 1.807) is 0 Å². The summed E-state index contributed by atoms with van der Waals surface area (Å²) in [7, 11) is -0.621. The van der Waals surface area contributed by atoms with Crippen LogP contribution in [0.5, 0.6) is 0 Å². The monoisotopic (exact) mass is 272 g/mol. The van der Waals surface area contributed by atoms with E-state index in [2.05, 4.69) is 4.74 Å². The summed E-state index contributed by atoms with van der Waals surface area (Å²) in [6, 6.07) is 0. The van der Waals surface area contributed by atoms with Gasteiger partial charge in [-0.3, -0.25) is 4.79 Å². The van der Waals surface area contributed by atoms with E-state index in [0.29, 0.717) is 19.0 Å². The molecule has 93 valence electrons. The van der Waals surface area contributed by atoms with Crippen molar-refractivity contribution < 1.29 is 24.0 Å². The number of esters is 1. The number of methoxy groups -OCH3 is 1. The van der Waals surface area contributed by atoms with E-state index in [9.17, 15) is 14.2 Å². The van der Waals surface area contributed by atoms with Crippen LogP contribution < -0.4 is 0 Å². The summed E-state index contributed by atoms with van der Waals surface area (Å²) in [6.45, 7) is 0.118. The topological polar surface area (TPSA) is 80.7 Å². The zero-order valence-corrected chi connectivity index (χ0v) is 13.4. The second kappa shape index (κ2) is 12.7. The molecule has 0 spiro atoms. The molecule has 0 amide bonds. The Kier molecular flexibility index (Phi) is 14.5. The maximum atomic E-state index is 11.4. The van der Waals surface area contributed by atoms with Crippen molar-refractivity contribution in [3.8, 4) is 0 Å². The van der Waals surface area contributed by atoms with Crippen molar-refractivity contribution >= 4 is 48.9 Å². The van der Waals surface area contributed by atoms with E-state index in [-0.39, 0.29) is 54.5 Å². The molecule has 0 aromatic heterocycles. The van der Waals surface area contributed by atoms with Gasteiger partial charge in [-0.1, -0.05) is 4.57 Å². The predicted molar refractivity (Wildman–Crippen MR) is 65.4 cm³/mol. The minimum absolute atomic E-state index is 0. The maximum Gasteiger partial charge on any atom is 0.414 e. The van der Waals surface area contributed by atoms with E-state index in [0.717, 1.165) is 6.42 Å². The molecule has 0 rings (SSSR count). The van der Waals surface area contributed by atoms with Gasteiger partial charge in [0, 0.05) is 36.2 Å². The number of aliphatic hydroxyl groups is 1. The average molecular weight is 272 g/mol. The summed E-state index contributed by atoms with van der Waals surface area (Å²) >= 11 is 0. The van der Waals surface area contributed by atoms with E-state index in [1.807, 2.05) is 0 Å². The minimum Gasteiger partial charge on any atom is -0.469 e. The van der Waals surface area contributed by atoms with Gasteiger partial charge in [0.1, 0.15) is 0 Å². The Morgan fingerprint density at radius 1 is 1.18 bits per heavy atom. The number of unbranched alkanes of at least 4 members (excludes halogenated alkanes) is 2. The number of hydrogen-bond donors (Lipinski definition) is 1. The number of hydrogen-bond acceptors (Lipinski definition) is 5. The molecule has 1 unspecified atom stereocenters. The summed E-state index contributed by atoms with van der Waals surface area (Å²) in [4.78, 5) is 22.0. The minimum atomic E-state index is -1.87. The number of ether oxygens (including phenoxy) is 1. The van der Waals surface area contributed by atoms with E-state index in [1.165, 1.54) is 7.11 Å². The third kappa shape index (κ3) is 11.0. The van der Waals surface area contributed by atoms with Crippen LogP contribution in [0, 0.1) is 0 Å². The summed E-state index contributed by atoms with van der Waals surface area (Å²) in [5.74, 6) is -0.461. The number of carbonyl (C=O) groups is 2. The van der Waals surface area contributed by atoms with Gasteiger partial charge < -0.3 is 9.84 Å². The largest absolute Gasteiger partial charge is 0.469 e. The first kappa shape index (κ1) is 19.5. The van der Waals surface area contributed by atoms with Crippen LogP contribution in [0.1, 0.15) is 32.1 Å². The molecule has 5 nitrogen and oxygen atoms in total. The Hall–Kier alpha value is 0.200. The zero-order chi connectivity index (χ0) is 12.4. The van der Waals surface area contributed by atoms with Crippen LogP contribution in [-0.4, -0.2) is 66.0 Å². The van der Waals surface area contributed by atoms with Gasteiger partial charge in [-0.15, -0.1) is 0 Å². The molecule has 0 aromatic carbocycles. The SMILES string of the molecule is COC(=O)CCC(=O)[P+](=O)CCCCCO.[Na]. The van der Waals surface area contributed by atoms with Gasteiger partial charge in [-0.2, -0.15) is 0 Å². The van der Waals surface area contributed by atoms with Crippen molar-refractivity contribution in [1.82, 2.24) is 0 Å². The predicted octanol–water partition coefficient (Wildman–Crippen LogP) is 1.08. The molecule has 17 heavy (non-hydrogen) atoms. The van der Waals surface area contributed by atoms with Crippen LogP contribution in [0.15, 0.2) is 0 Å². The Balaban J connectivity index is 0. The first-order valence-corrected chi connectivity index (χ1v) is 6.71. The van der Waals surface area contributed by atoms with E-state index < -0.39 is 13.8 Å². The summed E-state index contributed by atoms with van der Waals surface area (Å²) in [5.41, 5.74) is -0.371.